The Morgan fingerprint density at radius 3 is 2.93 bits per heavy atom. The topological polar surface area (TPSA) is 25.2 Å². The van der Waals surface area contributed by atoms with E-state index in [1.54, 1.807) is 0 Å². The molecule has 1 aliphatic rings. The van der Waals surface area contributed by atoms with E-state index in [4.69, 9.17) is 4.42 Å². The van der Waals surface area contributed by atoms with E-state index in [0.717, 1.165) is 30.5 Å². The van der Waals surface area contributed by atoms with Crippen molar-refractivity contribution in [1.29, 1.82) is 0 Å². The third-order valence-corrected chi connectivity index (χ3v) is 2.76. The van der Waals surface area contributed by atoms with Crippen molar-refractivity contribution in [3.63, 3.8) is 0 Å². The third-order valence-electron chi connectivity index (χ3n) is 2.76. The highest BCUT2D eigenvalue weighted by molar-refractivity contribution is 5.04. The SMILES string of the molecule is Cc1ccc(CNCCCC2CC2)o1. The zero-order chi connectivity index (χ0) is 9.80. The molecule has 1 aromatic rings. The monoisotopic (exact) mass is 193 g/mol. The lowest BCUT2D eigenvalue weighted by Crippen LogP contribution is -2.14. The molecule has 78 valence electrons. The van der Waals surface area contributed by atoms with Crippen molar-refractivity contribution in [2.45, 2.75) is 39.2 Å². The van der Waals surface area contributed by atoms with Crippen LogP contribution in [0.2, 0.25) is 0 Å². The van der Waals surface area contributed by atoms with Crippen molar-refractivity contribution in [3.05, 3.63) is 23.7 Å². The molecule has 0 radical (unpaired) electrons. The molecule has 1 saturated carbocycles. The molecule has 0 saturated heterocycles. The molecule has 0 aliphatic heterocycles. The largest absolute Gasteiger partial charge is 0.465 e. The molecule has 0 aromatic carbocycles. The van der Waals surface area contributed by atoms with Crippen LogP contribution >= 0.6 is 0 Å². The van der Waals surface area contributed by atoms with Gasteiger partial charge < -0.3 is 9.73 Å². The lowest BCUT2D eigenvalue weighted by atomic mass is 10.2. The first-order valence-corrected chi connectivity index (χ1v) is 5.60. The Bertz CT molecular complexity index is 276. The van der Waals surface area contributed by atoms with E-state index in [0.29, 0.717) is 0 Å². The van der Waals surface area contributed by atoms with Crippen LogP contribution in [0.4, 0.5) is 0 Å². The maximum absolute atomic E-state index is 5.46. The van der Waals surface area contributed by atoms with Gasteiger partial charge >= 0.3 is 0 Å². The molecule has 1 heterocycles. The fourth-order valence-electron chi connectivity index (χ4n) is 1.71. The van der Waals surface area contributed by atoms with Gasteiger partial charge in [-0.1, -0.05) is 12.8 Å². The molecular formula is C12H19NO. The maximum atomic E-state index is 5.46. The molecule has 1 aliphatic carbocycles. The molecule has 0 spiro atoms. The molecule has 1 fully saturated rings. The Balaban J connectivity index is 1.53. The van der Waals surface area contributed by atoms with E-state index in [1.165, 1.54) is 25.7 Å². The van der Waals surface area contributed by atoms with Gasteiger partial charge in [-0.05, 0) is 44.4 Å². The van der Waals surface area contributed by atoms with Gasteiger partial charge in [0.25, 0.3) is 0 Å². The van der Waals surface area contributed by atoms with Crippen molar-refractivity contribution in [2.24, 2.45) is 5.92 Å². The highest BCUT2D eigenvalue weighted by atomic mass is 16.3. The smallest absolute Gasteiger partial charge is 0.117 e. The van der Waals surface area contributed by atoms with E-state index in [-0.39, 0.29) is 0 Å². The Morgan fingerprint density at radius 1 is 1.43 bits per heavy atom. The standard InChI is InChI=1S/C12H19NO/c1-10-4-7-12(14-10)9-13-8-2-3-11-5-6-11/h4,7,11,13H,2-3,5-6,8-9H2,1H3. The Hall–Kier alpha value is -0.760. The summed E-state index contributed by atoms with van der Waals surface area (Å²) in [6.07, 6.45) is 5.66. The molecular weight excluding hydrogens is 174 g/mol. The fraction of sp³-hybridized carbons (Fsp3) is 0.667. The minimum atomic E-state index is 0.874. The lowest BCUT2D eigenvalue weighted by molar-refractivity contribution is 0.458. The first-order chi connectivity index (χ1) is 6.84. The van der Waals surface area contributed by atoms with Crippen LogP contribution in [0.15, 0.2) is 16.5 Å². The normalized spacial score (nSPS) is 16.1. The summed E-state index contributed by atoms with van der Waals surface area (Å²) in [7, 11) is 0. The summed E-state index contributed by atoms with van der Waals surface area (Å²) in [5.41, 5.74) is 0. The lowest BCUT2D eigenvalue weighted by Gasteiger charge is -2.01. The van der Waals surface area contributed by atoms with E-state index >= 15 is 0 Å². The van der Waals surface area contributed by atoms with Crippen LogP contribution in [0.5, 0.6) is 0 Å². The second-order valence-electron chi connectivity index (χ2n) is 4.27. The number of rotatable bonds is 6. The molecule has 1 aromatic heterocycles. The van der Waals surface area contributed by atoms with Crippen LogP contribution in [-0.2, 0) is 6.54 Å². The van der Waals surface area contributed by atoms with Gasteiger partial charge in [0.1, 0.15) is 11.5 Å². The highest BCUT2D eigenvalue weighted by Crippen LogP contribution is 2.33. The van der Waals surface area contributed by atoms with E-state index in [9.17, 15) is 0 Å². The van der Waals surface area contributed by atoms with Crippen LogP contribution in [-0.4, -0.2) is 6.54 Å². The predicted octanol–water partition coefficient (Wildman–Crippen LogP) is 2.87. The Kier molecular flexibility index (Phi) is 3.25. The van der Waals surface area contributed by atoms with Gasteiger partial charge in [-0.2, -0.15) is 0 Å². The number of hydrogen-bond donors (Lipinski definition) is 1. The summed E-state index contributed by atoms with van der Waals surface area (Å²) in [5, 5.41) is 3.40. The van der Waals surface area contributed by atoms with Gasteiger partial charge in [-0.3, -0.25) is 0 Å². The molecule has 2 heteroatoms. The predicted molar refractivity (Wildman–Crippen MR) is 57.1 cm³/mol. The minimum Gasteiger partial charge on any atom is -0.465 e. The molecule has 1 N–H and O–H groups in total. The number of nitrogens with one attached hydrogen (secondary N) is 1. The number of hydrogen-bond acceptors (Lipinski definition) is 2. The molecule has 0 atom stereocenters. The highest BCUT2D eigenvalue weighted by Gasteiger charge is 2.19. The summed E-state index contributed by atoms with van der Waals surface area (Å²) in [6.45, 7) is 3.98. The van der Waals surface area contributed by atoms with Crippen molar-refractivity contribution in [2.75, 3.05) is 6.54 Å². The molecule has 0 unspecified atom stereocenters. The summed E-state index contributed by atoms with van der Waals surface area (Å²) in [5.74, 6) is 3.11. The molecule has 2 nitrogen and oxygen atoms in total. The van der Waals surface area contributed by atoms with Gasteiger partial charge in [0, 0.05) is 0 Å². The second-order valence-corrected chi connectivity index (χ2v) is 4.27. The first kappa shape index (κ1) is 9.78. The van der Waals surface area contributed by atoms with Crippen LogP contribution in [0.25, 0.3) is 0 Å². The van der Waals surface area contributed by atoms with E-state index in [1.807, 2.05) is 19.1 Å². The van der Waals surface area contributed by atoms with Crippen molar-refractivity contribution in [3.8, 4) is 0 Å². The Labute approximate surface area is 85.7 Å². The van der Waals surface area contributed by atoms with Crippen molar-refractivity contribution >= 4 is 0 Å². The first-order valence-electron chi connectivity index (χ1n) is 5.60. The molecule has 2 rings (SSSR count). The minimum absolute atomic E-state index is 0.874. The fourth-order valence-corrected chi connectivity index (χ4v) is 1.71. The molecule has 0 amide bonds. The van der Waals surface area contributed by atoms with Crippen LogP contribution in [0.1, 0.15) is 37.2 Å². The van der Waals surface area contributed by atoms with Crippen LogP contribution < -0.4 is 5.32 Å². The van der Waals surface area contributed by atoms with Gasteiger partial charge in [-0.25, -0.2) is 0 Å². The van der Waals surface area contributed by atoms with E-state index < -0.39 is 0 Å². The Morgan fingerprint density at radius 2 is 2.29 bits per heavy atom. The average molecular weight is 193 g/mol. The summed E-state index contributed by atoms with van der Waals surface area (Å²) in [6, 6.07) is 4.06. The van der Waals surface area contributed by atoms with Crippen molar-refractivity contribution in [1.82, 2.24) is 5.32 Å². The van der Waals surface area contributed by atoms with Gasteiger partial charge in [-0.15, -0.1) is 0 Å². The zero-order valence-electron chi connectivity index (χ0n) is 8.88. The quantitative estimate of drug-likeness (QED) is 0.703. The maximum Gasteiger partial charge on any atom is 0.117 e. The van der Waals surface area contributed by atoms with Crippen LogP contribution in [0.3, 0.4) is 0 Å². The summed E-state index contributed by atoms with van der Waals surface area (Å²) in [4.78, 5) is 0. The summed E-state index contributed by atoms with van der Waals surface area (Å²) >= 11 is 0. The molecule has 0 bridgehead atoms. The number of aryl methyl sites for hydroxylation is 1. The summed E-state index contributed by atoms with van der Waals surface area (Å²) < 4.78 is 5.46. The van der Waals surface area contributed by atoms with E-state index in [2.05, 4.69) is 5.32 Å². The van der Waals surface area contributed by atoms with Gasteiger partial charge in [0.05, 0.1) is 6.54 Å². The third kappa shape index (κ3) is 3.18. The van der Waals surface area contributed by atoms with Crippen LogP contribution in [0, 0.1) is 12.8 Å². The van der Waals surface area contributed by atoms with Gasteiger partial charge in [0.2, 0.25) is 0 Å². The second kappa shape index (κ2) is 4.65. The average Bonchev–Trinajstić information content (AvgIpc) is 2.89. The van der Waals surface area contributed by atoms with Gasteiger partial charge in [0.15, 0.2) is 0 Å². The van der Waals surface area contributed by atoms with Crippen molar-refractivity contribution < 1.29 is 4.42 Å². The number of furan rings is 1. The molecule has 14 heavy (non-hydrogen) atoms. The zero-order valence-corrected chi connectivity index (χ0v) is 8.88.